The summed E-state index contributed by atoms with van der Waals surface area (Å²) >= 11 is 1.30. The van der Waals surface area contributed by atoms with Crippen LogP contribution < -0.4 is 10.1 Å². The van der Waals surface area contributed by atoms with Gasteiger partial charge in [0.15, 0.2) is 10.8 Å². The first-order valence-electron chi connectivity index (χ1n) is 5.74. The number of carboxylic acid groups (broad SMARTS) is 1. The van der Waals surface area contributed by atoms with Crippen molar-refractivity contribution in [2.45, 2.75) is 6.42 Å². The third-order valence-electron chi connectivity index (χ3n) is 2.57. The maximum Gasteiger partial charge on any atom is 0.355 e. The lowest BCUT2D eigenvalue weighted by Crippen LogP contribution is -2.05. The number of aromatic carboxylic acids is 1. The standard InChI is InChI=1S/C13H14N2O3S/c1-18-10-4-2-9(3-5-10)6-7-14-13-15-11(8-19-13)12(16)17/h2-5,8H,6-7H2,1H3,(H,14,15)(H,16,17). The van der Waals surface area contributed by atoms with Gasteiger partial charge in [0.25, 0.3) is 0 Å². The Kier molecular flexibility index (Phi) is 4.35. The first kappa shape index (κ1) is 13.4. The molecule has 0 radical (unpaired) electrons. The minimum atomic E-state index is -1.00. The third kappa shape index (κ3) is 3.69. The summed E-state index contributed by atoms with van der Waals surface area (Å²) in [5.41, 5.74) is 1.26. The van der Waals surface area contributed by atoms with E-state index in [4.69, 9.17) is 9.84 Å². The largest absolute Gasteiger partial charge is 0.497 e. The molecule has 1 heterocycles. The number of benzene rings is 1. The van der Waals surface area contributed by atoms with E-state index in [9.17, 15) is 4.79 Å². The molecule has 0 saturated carbocycles. The van der Waals surface area contributed by atoms with Crippen molar-refractivity contribution in [3.63, 3.8) is 0 Å². The molecule has 0 aliphatic rings. The quantitative estimate of drug-likeness (QED) is 0.849. The van der Waals surface area contributed by atoms with Crippen LogP contribution in [0, 0.1) is 0 Å². The van der Waals surface area contributed by atoms with Gasteiger partial charge in [-0.2, -0.15) is 0 Å². The van der Waals surface area contributed by atoms with E-state index in [1.165, 1.54) is 22.3 Å². The molecule has 2 N–H and O–H groups in total. The van der Waals surface area contributed by atoms with E-state index in [0.29, 0.717) is 11.7 Å². The number of carbonyl (C=O) groups is 1. The van der Waals surface area contributed by atoms with Crippen molar-refractivity contribution in [2.75, 3.05) is 19.0 Å². The first-order valence-corrected chi connectivity index (χ1v) is 6.62. The van der Waals surface area contributed by atoms with Crippen LogP contribution in [0.5, 0.6) is 5.75 Å². The van der Waals surface area contributed by atoms with E-state index in [1.807, 2.05) is 24.3 Å². The smallest absolute Gasteiger partial charge is 0.355 e. The molecule has 0 aliphatic heterocycles. The zero-order chi connectivity index (χ0) is 13.7. The molecular weight excluding hydrogens is 264 g/mol. The van der Waals surface area contributed by atoms with E-state index in [-0.39, 0.29) is 5.69 Å². The molecular formula is C13H14N2O3S. The molecule has 0 spiro atoms. The molecule has 0 unspecified atom stereocenters. The van der Waals surface area contributed by atoms with Crippen molar-refractivity contribution in [1.82, 2.24) is 4.98 Å². The second-order valence-corrected chi connectivity index (χ2v) is 4.73. The summed E-state index contributed by atoms with van der Waals surface area (Å²) in [6.45, 7) is 0.707. The molecule has 2 rings (SSSR count). The molecule has 1 aromatic heterocycles. The van der Waals surface area contributed by atoms with Gasteiger partial charge in [-0.25, -0.2) is 9.78 Å². The molecule has 0 fully saturated rings. The van der Waals surface area contributed by atoms with Gasteiger partial charge in [0, 0.05) is 11.9 Å². The number of thiazole rings is 1. The van der Waals surface area contributed by atoms with Crippen LogP contribution in [0.15, 0.2) is 29.6 Å². The van der Waals surface area contributed by atoms with Gasteiger partial charge < -0.3 is 15.2 Å². The number of aromatic nitrogens is 1. The van der Waals surface area contributed by atoms with Crippen LogP contribution in [0.4, 0.5) is 5.13 Å². The lowest BCUT2D eigenvalue weighted by Gasteiger charge is -2.04. The molecule has 0 bridgehead atoms. The molecule has 0 atom stereocenters. The second kappa shape index (κ2) is 6.19. The predicted octanol–water partition coefficient (Wildman–Crippen LogP) is 2.50. The zero-order valence-electron chi connectivity index (χ0n) is 10.4. The molecule has 5 nitrogen and oxygen atoms in total. The Morgan fingerprint density at radius 2 is 2.16 bits per heavy atom. The van der Waals surface area contributed by atoms with Gasteiger partial charge in [-0.1, -0.05) is 12.1 Å². The van der Waals surface area contributed by atoms with Crippen LogP contribution in [0.1, 0.15) is 16.1 Å². The lowest BCUT2D eigenvalue weighted by atomic mass is 10.1. The first-order chi connectivity index (χ1) is 9.19. The topological polar surface area (TPSA) is 71.5 Å². The van der Waals surface area contributed by atoms with Crippen LogP contribution in [-0.2, 0) is 6.42 Å². The molecule has 1 aromatic carbocycles. The van der Waals surface area contributed by atoms with Gasteiger partial charge in [-0.15, -0.1) is 11.3 Å². The number of carboxylic acids is 1. The second-order valence-electron chi connectivity index (χ2n) is 3.87. The number of ether oxygens (including phenoxy) is 1. The van der Waals surface area contributed by atoms with Crippen molar-refractivity contribution >= 4 is 22.4 Å². The summed E-state index contributed by atoms with van der Waals surface area (Å²) < 4.78 is 5.09. The van der Waals surface area contributed by atoms with Crippen molar-refractivity contribution in [3.05, 3.63) is 40.9 Å². The van der Waals surface area contributed by atoms with E-state index < -0.39 is 5.97 Å². The maximum absolute atomic E-state index is 10.7. The normalized spacial score (nSPS) is 10.2. The lowest BCUT2D eigenvalue weighted by molar-refractivity contribution is 0.0691. The highest BCUT2D eigenvalue weighted by Gasteiger charge is 2.07. The van der Waals surface area contributed by atoms with Crippen molar-refractivity contribution in [2.24, 2.45) is 0 Å². The van der Waals surface area contributed by atoms with Crippen molar-refractivity contribution < 1.29 is 14.6 Å². The Labute approximate surface area is 114 Å². The Morgan fingerprint density at radius 3 is 2.74 bits per heavy atom. The number of anilines is 1. The van der Waals surface area contributed by atoms with Crippen LogP contribution in [0.2, 0.25) is 0 Å². The van der Waals surface area contributed by atoms with E-state index >= 15 is 0 Å². The Hall–Kier alpha value is -2.08. The SMILES string of the molecule is COc1ccc(CCNc2nc(C(=O)O)cs2)cc1. The molecule has 2 aromatic rings. The van der Waals surface area contributed by atoms with E-state index in [2.05, 4.69) is 10.3 Å². The fourth-order valence-electron chi connectivity index (χ4n) is 1.56. The number of methoxy groups -OCH3 is 1. The zero-order valence-corrected chi connectivity index (χ0v) is 11.2. The number of hydrogen-bond acceptors (Lipinski definition) is 5. The molecule has 0 saturated heterocycles. The highest BCUT2D eigenvalue weighted by Crippen LogP contribution is 2.16. The maximum atomic E-state index is 10.7. The minimum absolute atomic E-state index is 0.0805. The number of hydrogen-bond donors (Lipinski definition) is 2. The average Bonchev–Trinajstić information content (AvgIpc) is 2.89. The van der Waals surface area contributed by atoms with Gasteiger partial charge in [0.2, 0.25) is 0 Å². The summed E-state index contributed by atoms with van der Waals surface area (Å²) in [6.07, 6.45) is 0.839. The average molecular weight is 278 g/mol. The highest BCUT2D eigenvalue weighted by molar-refractivity contribution is 7.13. The number of rotatable bonds is 6. The van der Waals surface area contributed by atoms with Crippen molar-refractivity contribution in [3.8, 4) is 5.75 Å². The molecule has 19 heavy (non-hydrogen) atoms. The van der Waals surface area contributed by atoms with Gasteiger partial charge >= 0.3 is 5.97 Å². The van der Waals surface area contributed by atoms with Gasteiger partial charge in [-0.05, 0) is 24.1 Å². The Bertz CT molecular complexity index is 551. The molecule has 0 aliphatic carbocycles. The summed E-state index contributed by atoms with van der Waals surface area (Å²) in [4.78, 5) is 14.6. The minimum Gasteiger partial charge on any atom is -0.497 e. The summed E-state index contributed by atoms with van der Waals surface area (Å²) in [7, 11) is 1.64. The van der Waals surface area contributed by atoms with Gasteiger partial charge in [-0.3, -0.25) is 0 Å². The fraction of sp³-hybridized carbons (Fsp3) is 0.231. The number of nitrogens with zero attached hydrogens (tertiary/aromatic N) is 1. The predicted molar refractivity (Wildman–Crippen MR) is 74.3 cm³/mol. The highest BCUT2D eigenvalue weighted by atomic mass is 32.1. The molecule has 100 valence electrons. The monoisotopic (exact) mass is 278 g/mol. The van der Waals surface area contributed by atoms with Gasteiger partial charge in [0.1, 0.15) is 5.75 Å². The van der Waals surface area contributed by atoms with Crippen LogP contribution >= 0.6 is 11.3 Å². The summed E-state index contributed by atoms with van der Waals surface area (Å²) in [6, 6.07) is 7.85. The van der Waals surface area contributed by atoms with Crippen LogP contribution in [0.3, 0.4) is 0 Å². The van der Waals surface area contributed by atoms with Crippen molar-refractivity contribution in [1.29, 1.82) is 0 Å². The third-order valence-corrected chi connectivity index (χ3v) is 3.37. The van der Waals surface area contributed by atoms with Crippen LogP contribution in [0.25, 0.3) is 0 Å². The summed E-state index contributed by atoms with van der Waals surface area (Å²) in [5.74, 6) is -0.165. The Morgan fingerprint density at radius 1 is 1.42 bits per heavy atom. The molecule has 6 heteroatoms. The van der Waals surface area contributed by atoms with E-state index in [1.54, 1.807) is 7.11 Å². The fourth-order valence-corrected chi connectivity index (χ4v) is 2.27. The summed E-state index contributed by atoms with van der Waals surface area (Å²) in [5, 5.41) is 14.0. The van der Waals surface area contributed by atoms with Crippen LogP contribution in [-0.4, -0.2) is 29.7 Å². The number of nitrogens with one attached hydrogen (secondary N) is 1. The van der Waals surface area contributed by atoms with Gasteiger partial charge in [0.05, 0.1) is 7.11 Å². The molecule has 0 amide bonds. The Balaban J connectivity index is 1.83. The van der Waals surface area contributed by atoms with E-state index in [0.717, 1.165) is 12.2 Å².